The highest BCUT2D eigenvalue weighted by Gasteiger charge is 2.38. The van der Waals surface area contributed by atoms with E-state index in [2.05, 4.69) is 66.7 Å². The fourth-order valence-electron chi connectivity index (χ4n) is 4.03. The molecular formula is C23H33N5. The highest BCUT2D eigenvalue weighted by molar-refractivity contribution is 5.74. The summed E-state index contributed by atoms with van der Waals surface area (Å²) in [5, 5.41) is 9.15. The number of nitrogens with zero attached hydrogens (tertiary/aromatic N) is 4. The van der Waals surface area contributed by atoms with E-state index in [0.29, 0.717) is 17.7 Å². The van der Waals surface area contributed by atoms with E-state index in [0.717, 1.165) is 36.7 Å². The van der Waals surface area contributed by atoms with Gasteiger partial charge in [0.05, 0.1) is 11.1 Å². The molecule has 150 valence electrons. The van der Waals surface area contributed by atoms with Gasteiger partial charge in [-0.25, -0.2) is 9.67 Å². The van der Waals surface area contributed by atoms with E-state index >= 15 is 0 Å². The summed E-state index contributed by atoms with van der Waals surface area (Å²) >= 11 is 0. The van der Waals surface area contributed by atoms with Crippen molar-refractivity contribution in [1.82, 2.24) is 20.0 Å². The average Bonchev–Trinajstić information content (AvgIpc) is 3.07. The zero-order valence-corrected chi connectivity index (χ0v) is 17.8. The number of rotatable bonds is 8. The second-order valence-corrected chi connectivity index (χ2v) is 8.81. The van der Waals surface area contributed by atoms with Crippen LogP contribution in [0.2, 0.25) is 0 Å². The Kier molecular flexibility index (Phi) is 6.01. The molecule has 5 nitrogen and oxygen atoms in total. The molecular weight excluding hydrogens is 346 g/mol. The van der Waals surface area contributed by atoms with Gasteiger partial charge in [0, 0.05) is 11.8 Å². The number of pyridine rings is 1. The summed E-state index contributed by atoms with van der Waals surface area (Å²) in [4.78, 5) is 4.47. The Morgan fingerprint density at radius 3 is 2.29 bits per heavy atom. The molecule has 28 heavy (non-hydrogen) atoms. The van der Waals surface area contributed by atoms with Gasteiger partial charge in [-0.2, -0.15) is 0 Å². The maximum Gasteiger partial charge on any atom is 0.123 e. The van der Waals surface area contributed by atoms with E-state index in [9.17, 15) is 0 Å². The molecule has 0 spiro atoms. The van der Waals surface area contributed by atoms with Crippen LogP contribution < -0.4 is 5.73 Å². The predicted octanol–water partition coefficient (Wildman–Crippen LogP) is 5.33. The predicted molar refractivity (Wildman–Crippen MR) is 116 cm³/mol. The van der Waals surface area contributed by atoms with E-state index in [1.807, 2.05) is 24.4 Å². The van der Waals surface area contributed by atoms with Crippen LogP contribution in [0.25, 0.3) is 11.0 Å². The van der Waals surface area contributed by atoms with Crippen LogP contribution in [-0.4, -0.2) is 20.0 Å². The Bertz CT molecular complexity index is 914. The normalized spacial score (nSPS) is 12.4. The van der Waals surface area contributed by atoms with Crippen LogP contribution in [0.1, 0.15) is 64.5 Å². The molecule has 0 saturated heterocycles. The standard InChI is InChI=1S/C23H33N5/c1-16(2)10-12-23(13-11-17(3)4,19-15-25-22(24)14-18(19)5)28-21-9-7-6-8-20(21)26-27-28/h6-9,14-17H,10-13H2,1-5H3,(H2,24,25). The van der Waals surface area contributed by atoms with Gasteiger partial charge < -0.3 is 5.73 Å². The Balaban J connectivity index is 2.24. The lowest BCUT2D eigenvalue weighted by atomic mass is 9.77. The average molecular weight is 380 g/mol. The second kappa shape index (κ2) is 8.29. The van der Waals surface area contributed by atoms with Crippen molar-refractivity contribution in [1.29, 1.82) is 0 Å². The van der Waals surface area contributed by atoms with Crippen LogP contribution in [0.4, 0.5) is 5.82 Å². The second-order valence-electron chi connectivity index (χ2n) is 8.81. The molecule has 0 aliphatic carbocycles. The fraction of sp³-hybridized carbons (Fsp3) is 0.522. The van der Waals surface area contributed by atoms with Crippen LogP contribution in [0.3, 0.4) is 0 Å². The van der Waals surface area contributed by atoms with Crippen molar-refractivity contribution < 1.29 is 0 Å². The van der Waals surface area contributed by atoms with Gasteiger partial charge in [0.2, 0.25) is 0 Å². The molecule has 1 aromatic carbocycles. The number of hydrogen-bond acceptors (Lipinski definition) is 4. The molecule has 0 bridgehead atoms. The van der Waals surface area contributed by atoms with Crippen molar-refractivity contribution in [2.45, 2.75) is 65.8 Å². The maximum atomic E-state index is 5.98. The van der Waals surface area contributed by atoms with E-state index in [-0.39, 0.29) is 5.54 Å². The monoisotopic (exact) mass is 379 g/mol. The first-order valence-corrected chi connectivity index (χ1v) is 10.4. The summed E-state index contributed by atoms with van der Waals surface area (Å²) in [5.74, 6) is 1.77. The number of anilines is 1. The largest absolute Gasteiger partial charge is 0.384 e. The highest BCUT2D eigenvalue weighted by atomic mass is 15.5. The summed E-state index contributed by atoms with van der Waals surface area (Å²) in [6.07, 6.45) is 6.17. The van der Waals surface area contributed by atoms with Crippen molar-refractivity contribution in [3.8, 4) is 0 Å². The van der Waals surface area contributed by atoms with E-state index in [4.69, 9.17) is 5.73 Å². The number of hydrogen-bond donors (Lipinski definition) is 1. The zero-order chi connectivity index (χ0) is 20.3. The molecule has 2 N–H and O–H groups in total. The smallest absolute Gasteiger partial charge is 0.123 e. The summed E-state index contributed by atoms with van der Waals surface area (Å²) in [5.41, 5.74) is 10.1. The van der Waals surface area contributed by atoms with Crippen LogP contribution in [0.5, 0.6) is 0 Å². The molecule has 0 aliphatic heterocycles. The third kappa shape index (κ3) is 4.03. The number of benzene rings is 1. The number of aryl methyl sites for hydroxylation is 1. The van der Waals surface area contributed by atoms with Crippen LogP contribution >= 0.6 is 0 Å². The lowest BCUT2D eigenvalue weighted by molar-refractivity contribution is 0.240. The van der Waals surface area contributed by atoms with Crippen LogP contribution in [0.15, 0.2) is 36.5 Å². The molecule has 0 saturated carbocycles. The number of aromatic nitrogens is 4. The van der Waals surface area contributed by atoms with Gasteiger partial charge in [0.1, 0.15) is 11.3 Å². The van der Waals surface area contributed by atoms with Crippen molar-refractivity contribution in [3.63, 3.8) is 0 Å². The van der Waals surface area contributed by atoms with Gasteiger partial charge in [0.25, 0.3) is 0 Å². The zero-order valence-electron chi connectivity index (χ0n) is 17.8. The minimum Gasteiger partial charge on any atom is -0.384 e. The number of fused-ring (bicyclic) bond motifs is 1. The van der Waals surface area contributed by atoms with E-state index < -0.39 is 0 Å². The van der Waals surface area contributed by atoms with Crippen molar-refractivity contribution in [3.05, 3.63) is 47.7 Å². The molecule has 0 aliphatic rings. The molecule has 0 fully saturated rings. The quantitative estimate of drug-likeness (QED) is 0.574. The lowest BCUT2D eigenvalue weighted by Gasteiger charge is -2.37. The van der Waals surface area contributed by atoms with Crippen molar-refractivity contribution in [2.75, 3.05) is 5.73 Å². The van der Waals surface area contributed by atoms with Crippen molar-refractivity contribution in [2.24, 2.45) is 11.8 Å². The maximum absolute atomic E-state index is 5.98. The number of nitrogen functional groups attached to an aromatic ring is 1. The summed E-state index contributed by atoms with van der Waals surface area (Å²) < 4.78 is 2.16. The minimum atomic E-state index is -0.282. The topological polar surface area (TPSA) is 69.6 Å². The van der Waals surface area contributed by atoms with Crippen LogP contribution in [0, 0.1) is 18.8 Å². The van der Waals surface area contributed by atoms with Gasteiger partial charge in [-0.3, -0.25) is 0 Å². The SMILES string of the molecule is Cc1cc(N)ncc1C(CCC(C)C)(CCC(C)C)n1nnc2ccccc21. The third-order valence-corrected chi connectivity index (χ3v) is 5.66. The first kappa shape index (κ1) is 20.3. The van der Waals surface area contributed by atoms with Gasteiger partial charge >= 0.3 is 0 Å². The molecule has 0 amide bonds. The summed E-state index contributed by atoms with van der Waals surface area (Å²) in [6.45, 7) is 11.2. The van der Waals surface area contributed by atoms with Gasteiger partial charge in [0.15, 0.2) is 0 Å². The highest BCUT2D eigenvalue weighted by Crippen LogP contribution is 2.41. The minimum absolute atomic E-state index is 0.282. The van der Waals surface area contributed by atoms with Crippen molar-refractivity contribution >= 4 is 16.9 Å². The first-order valence-electron chi connectivity index (χ1n) is 10.4. The molecule has 5 heteroatoms. The Morgan fingerprint density at radius 1 is 1.04 bits per heavy atom. The molecule has 0 unspecified atom stereocenters. The molecule has 0 atom stereocenters. The molecule has 0 radical (unpaired) electrons. The number of nitrogens with two attached hydrogens (primary N) is 1. The third-order valence-electron chi connectivity index (χ3n) is 5.66. The Hall–Kier alpha value is -2.43. The summed E-state index contributed by atoms with van der Waals surface area (Å²) in [6, 6.07) is 10.2. The fourth-order valence-corrected chi connectivity index (χ4v) is 4.03. The molecule has 3 rings (SSSR count). The van der Waals surface area contributed by atoms with Gasteiger partial charge in [-0.1, -0.05) is 45.0 Å². The Labute approximate surface area is 168 Å². The molecule has 2 aromatic heterocycles. The van der Waals surface area contributed by atoms with Crippen LogP contribution in [-0.2, 0) is 5.54 Å². The number of para-hydroxylation sites is 1. The molecule has 2 heterocycles. The lowest BCUT2D eigenvalue weighted by Crippen LogP contribution is -2.38. The summed E-state index contributed by atoms with van der Waals surface area (Å²) in [7, 11) is 0. The van der Waals surface area contributed by atoms with Gasteiger partial charge in [-0.15, -0.1) is 5.10 Å². The van der Waals surface area contributed by atoms with E-state index in [1.165, 1.54) is 11.1 Å². The Morgan fingerprint density at radius 2 is 1.68 bits per heavy atom. The van der Waals surface area contributed by atoms with Gasteiger partial charge in [-0.05, 0) is 68.2 Å². The first-order chi connectivity index (χ1) is 13.3. The molecule has 3 aromatic rings. The van der Waals surface area contributed by atoms with E-state index in [1.54, 1.807) is 0 Å².